The molecule has 1 aromatic heterocycles. The van der Waals surface area contributed by atoms with E-state index in [4.69, 9.17) is 0 Å². The summed E-state index contributed by atoms with van der Waals surface area (Å²) in [6.45, 7) is 3.71. The molecular formula is C17H23FIN3S. The predicted molar refractivity (Wildman–Crippen MR) is 107 cm³/mol. The number of thiophene rings is 1. The van der Waals surface area contributed by atoms with E-state index < -0.39 is 0 Å². The lowest BCUT2D eigenvalue weighted by Crippen LogP contribution is -2.39. The molecule has 0 saturated heterocycles. The molecule has 1 aromatic carbocycles. The Morgan fingerprint density at radius 1 is 1.22 bits per heavy atom. The summed E-state index contributed by atoms with van der Waals surface area (Å²) in [5, 5.41) is 8.68. The van der Waals surface area contributed by atoms with Gasteiger partial charge >= 0.3 is 0 Å². The van der Waals surface area contributed by atoms with Gasteiger partial charge in [0.2, 0.25) is 0 Å². The number of aliphatic imine (C=N–C) groups is 1. The molecule has 1 atom stereocenters. The number of nitrogens with zero attached hydrogens (tertiary/aromatic N) is 1. The molecule has 126 valence electrons. The molecular weight excluding hydrogens is 424 g/mol. The Morgan fingerprint density at radius 2 is 1.96 bits per heavy atom. The Hall–Kier alpha value is -1.15. The first-order valence-electron chi connectivity index (χ1n) is 7.38. The molecule has 3 nitrogen and oxygen atoms in total. The molecule has 0 aliphatic carbocycles. The van der Waals surface area contributed by atoms with E-state index in [1.807, 2.05) is 0 Å². The smallest absolute Gasteiger partial charge is 0.191 e. The van der Waals surface area contributed by atoms with Crippen LogP contribution < -0.4 is 10.6 Å². The van der Waals surface area contributed by atoms with E-state index in [1.54, 1.807) is 30.5 Å². The highest BCUT2D eigenvalue weighted by Crippen LogP contribution is 2.13. The van der Waals surface area contributed by atoms with Crippen LogP contribution in [-0.4, -0.2) is 19.6 Å². The van der Waals surface area contributed by atoms with Crippen LogP contribution in [0.2, 0.25) is 0 Å². The van der Waals surface area contributed by atoms with E-state index in [-0.39, 0.29) is 29.8 Å². The molecule has 23 heavy (non-hydrogen) atoms. The first kappa shape index (κ1) is 19.9. The average Bonchev–Trinajstić information content (AvgIpc) is 3.02. The van der Waals surface area contributed by atoms with Crippen LogP contribution in [-0.2, 0) is 13.0 Å². The van der Waals surface area contributed by atoms with Crippen molar-refractivity contribution in [2.24, 2.45) is 10.9 Å². The molecule has 0 saturated carbocycles. The Morgan fingerprint density at radius 3 is 2.57 bits per heavy atom. The van der Waals surface area contributed by atoms with Crippen molar-refractivity contribution in [2.45, 2.75) is 19.9 Å². The molecule has 2 aromatic rings. The quantitative estimate of drug-likeness (QED) is 0.398. The second-order valence-corrected chi connectivity index (χ2v) is 6.35. The highest BCUT2D eigenvalue weighted by atomic mass is 127. The average molecular weight is 447 g/mol. The monoisotopic (exact) mass is 447 g/mol. The topological polar surface area (TPSA) is 36.4 Å². The Bertz CT molecular complexity index is 584. The highest BCUT2D eigenvalue weighted by Gasteiger charge is 2.06. The number of guanidine groups is 1. The molecule has 0 aliphatic rings. The molecule has 6 heteroatoms. The van der Waals surface area contributed by atoms with Crippen molar-refractivity contribution in [3.63, 3.8) is 0 Å². The summed E-state index contributed by atoms with van der Waals surface area (Å²) < 4.78 is 12.9. The van der Waals surface area contributed by atoms with Crippen LogP contribution in [0, 0.1) is 11.7 Å². The van der Waals surface area contributed by atoms with Crippen LogP contribution in [0.4, 0.5) is 4.39 Å². The number of nitrogens with one attached hydrogen (secondary N) is 2. The maximum atomic E-state index is 12.9. The summed E-state index contributed by atoms with van der Waals surface area (Å²) in [4.78, 5) is 5.62. The largest absolute Gasteiger partial charge is 0.356 e. The van der Waals surface area contributed by atoms with Crippen LogP contribution >= 0.6 is 35.3 Å². The zero-order valence-corrected chi connectivity index (χ0v) is 16.5. The van der Waals surface area contributed by atoms with Gasteiger partial charge in [0.25, 0.3) is 0 Å². The van der Waals surface area contributed by atoms with Crippen LogP contribution in [0.25, 0.3) is 0 Å². The second kappa shape index (κ2) is 10.6. The van der Waals surface area contributed by atoms with E-state index in [1.165, 1.54) is 17.0 Å². The van der Waals surface area contributed by atoms with Crippen LogP contribution in [0.1, 0.15) is 17.4 Å². The second-order valence-electron chi connectivity index (χ2n) is 5.32. The zero-order chi connectivity index (χ0) is 15.8. The zero-order valence-electron chi connectivity index (χ0n) is 13.4. The number of benzene rings is 1. The minimum Gasteiger partial charge on any atom is -0.356 e. The maximum absolute atomic E-state index is 12.9. The number of hydrogen-bond donors (Lipinski definition) is 2. The van der Waals surface area contributed by atoms with E-state index in [2.05, 4.69) is 40.1 Å². The van der Waals surface area contributed by atoms with Crippen molar-refractivity contribution in [1.29, 1.82) is 0 Å². The van der Waals surface area contributed by atoms with Gasteiger partial charge in [0, 0.05) is 25.0 Å². The lowest BCUT2D eigenvalue weighted by Gasteiger charge is -2.15. The molecule has 2 rings (SSSR count). The summed E-state index contributed by atoms with van der Waals surface area (Å²) in [6, 6.07) is 10.7. The van der Waals surface area contributed by atoms with Gasteiger partial charge < -0.3 is 10.6 Å². The first-order chi connectivity index (χ1) is 10.7. The Balaban J connectivity index is 0.00000264. The van der Waals surface area contributed by atoms with E-state index >= 15 is 0 Å². The normalized spacial score (nSPS) is 12.4. The summed E-state index contributed by atoms with van der Waals surface area (Å²) in [5.74, 6) is 1.08. The minimum atomic E-state index is -0.214. The van der Waals surface area contributed by atoms with Crippen LogP contribution in [0.15, 0.2) is 46.8 Å². The van der Waals surface area contributed by atoms with Crippen molar-refractivity contribution < 1.29 is 4.39 Å². The van der Waals surface area contributed by atoms with Crippen molar-refractivity contribution in [2.75, 3.05) is 13.6 Å². The predicted octanol–water partition coefficient (Wildman–Crippen LogP) is 4.05. The third-order valence-electron chi connectivity index (χ3n) is 3.34. The molecule has 0 radical (unpaired) electrons. The highest BCUT2D eigenvalue weighted by molar-refractivity contribution is 14.0. The molecule has 0 spiro atoms. The van der Waals surface area contributed by atoms with Gasteiger partial charge in [-0.2, -0.15) is 0 Å². The number of rotatable bonds is 6. The summed E-state index contributed by atoms with van der Waals surface area (Å²) in [5.41, 5.74) is 1.02. The van der Waals surface area contributed by atoms with Crippen LogP contribution in [0.5, 0.6) is 0 Å². The fourth-order valence-electron chi connectivity index (χ4n) is 2.12. The van der Waals surface area contributed by atoms with Gasteiger partial charge in [0.1, 0.15) is 5.82 Å². The van der Waals surface area contributed by atoms with Gasteiger partial charge in [-0.3, -0.25) is 4.99 Å². The molecule has 0 amide bonds. The maximum Gasteiger partial charge on any atom is 0.191 e. The lowest BCUT2D eigenvalue weighted by molar-refractivity contribution is 0.562. The van der Waals surface area contributed by atoms with Crippen molar-refractivity contribution >= 4 is 41.3 Å². The van der Waals surface area contributed by atoms with Crippen molar-refractivity contribution in [3.05, 3.63) is 58.0 Å². The Kier molecular flexibility index (Phi) is 9.16. The van der Waals surface area contributed by atoms with Gasteiger partial charge in [0.05, 0.1) is 0 Å². The van der Waals surface area contributed by atoms with Gasteiger partial charge in [-0.05, 0) is 41.5 Å². The number of hydrogen-bond acceptors (Lipinski definition) is 2. The molecule has 0 fully saturated rings. The van der Waals surface area contributed by atoms with E-state index in [0.29, 0.717) is 12.5 Å². The lowest BCUT2D eigenvalue weighted by atomic mass is 10.1. The van der Waals surface area contributed by atoms with Crippen molar-refractivity contribution in [1.82, 2.24) is 10.6 Å². The molecule has 0 aliphatic heterocycles. The van der Waals surface area contributed by atoms with Gasteiger partial charge in [-0.25, -0.2) is 4.39 Å². The number of halogens is 2. The SMILES string of the molecule is CN=C(NCc1ccc(F)cc1)NCC(C)Cc1cccs1.I. The van der Waals surface area contributed by atoms with E-state index in [0.717, 1.165) is 24.5 Å². The van der Waals surface area contributed by atoms with E-state index in [9.17, 15) is 4.39 Å². The fourth-order valence-corrected chi connectivity index (χ4v) is 2.99. The Labute approximate surface area is 158 Å². The summed E-state index contributed by atoms with van der Waals surface area (Å²) in [7, 11) is 1.75. The first-order valence-corrected chi connectivity index (χ1v) is 8.26. The summed E-state index contributed by atoms with van der Waals surface area (Å²) in [6.07, 6.45) is 1.07. The fraction of sp³-hybridized carbons (Fsp3) is 0.353. The van der Waals surface area contributed by atoms with Crippen molar-refractivity contribution in [3.8, 4) is 0 Å². The third kappa shape index (κ3) is 7.30. The minimum absolute atomic E-state index is 0. The van der Waals surface area contributed by atoms with Gasteiger partial charge in [-0.1, -0.05) is 25.1 Å². The molecule has 2 N–H and O–H groups in total. The van der Waals surface area contributed by atoms with Gasteiger partial charge in [0.15, 0.2) is 5.96 Å². The van der Waals surface area contributed by atoms with Gasteiger partial charge in [-0.15, -0.1) is 35.3 Å². The molecule has 1 heterocycles. The summed E-state index contributed by atoms with van der Waals surface area (Å²) >= 11 is 1.80. The van der Waals surface area contributed by atoms with Crippen LogP contribution in [0.3, 0.4) is 0 Å². The third-order valence-corrected chi connectivity index (χ3v) is 4.24. The molecule has 1 unspecified atom stereocenters. The standard InChI is InChI=1S/C17H22FN3S.HI/c1-13(10-16-4-3-9-22-16)11-20-17(19-2)21-12-14-5-7-15(18)8-6-14;/h3-9,13H,10-12H2,1-2H3,(H2,19,20,21);1H. The molecule has 0 bridgehead atoms.